The van der Waals surface area contributed by atoms with E-state index in [0.717, 1.165) is 16.7 Å². The van der Waals surface area contributed by atoms with Crippen molar-refractivity contribution in [1.29, 1.82) is 0 Å². The SMILES string of the molecule is O=C([O-])CN1C(=O)/C(=C\c2ccc(O)c(Br)c2)SC1=S. The number of aromatic hydroxyl groups is 1. The summed E-state index contributed by atoms with van der Waals surface area (Å²) in [5, 5.41) is 20.0. The Kier molecular flexibility index (Phi) is 4.46. The molecule has 1 aromatic rings. The van der Waals surface area contributed by atoms with Crippen LogP contribution in [-0.2, 0) is 9.59 Å². The van der Waals surface area contributed by atoms with Gasteiger partial charge in [0.1, 0.15) is 10.1 Å². The van der Waals surface area contributed by atoms with Gasteiger partial charge in [0.05, 0.1) is 21.9 Å². The third-order valence-electron chi connectivity index (χ3n) is 2.43. The average Bonchev–Trinajstić information content (AvgIpc) is 2.61. The van der Waals surface area contributed by atoms with Gasteiger partial charge in [0.25, 0.3) is 5.91 Å². The summed E-state index contributed by atoms with van der Waals surface area (Å²) in [5.41, 5.74) is 0.684. The first-order chi connectivity index (χ1) is 9.38. The Morgan fingerprint density at radius 3 is 2.85 bits per heavy atom. The molecule has 1 aliphatic rings. The first-order valence-corrected chi connectivity index (χ1v) is 7.34. The Balaban J connectivity index is 2.27. The van der Waals surface area contributed by atoms with Crippen LogP contribution in [0, 0.1) is 0 Å². The molecule has 1 heterocycles. The van der Waals surface area contributed by atoms with Crippen molar-refractivity contribution in [2.24, 2.45) is 0 Å². The standard InChI is InChI=1S/C12H8BrNO4S2/c13-7-3-6(1-2-8(7)15)4-9-11(18)14(5-10(16)17)12(19)20-9/h1-4,15H,5H2,(H,16,17)/p-1/b9-4+. The molecule has 0 aliphatic carbocycles. The Labute approximate surface area is 132 Å². The molecule has 0 atom stereocenters. The van der Waals surface area contributed by atoms with Gasteiger partial charge in [0.15, 0.2) is 0 Å². The van der Waals surface area contributed by atoms with Gasteiger partial charge < -0.3 is 15.0 Å². The molecule has 1 N–H and O–H groups in total. The maximum absolute atomic E-state index is 12.0. The fraction of sp³-hybridized carbons (Fsp3) is 0.0833. The monoisotopic (exact) mass is 372 g/mol. The predicted molar refractivity (Wildman–Crippen MR) is 80.7 cm³/mol. The summed E-state index contributed by atoms with van der Waals surface area (Å²) >= 11 is 9.17. The number of phenols is 1. The lowest BCUT2D eigenvalue weighted by molar-refractivity contribution is -0.305. The minimum Gasteiger partial charge on any atom is -0.548 e. The number of phenolic OH excluding ortho intramolecular Hbond substituents is 1. The molecule has 0 saturated carbocycles. The molecule has 1 aliphatic heterocycles. The normalized spacial score (nSPS) is 17.1. The van der Waals surface area contributed by atoms with Gasteiger partial charge in [-0.25, -0.2) is 0 Å². The zero-order valence-corrected chi connectivity index (χ0v) is 13.0. The van der Waals surface area contributed by atoms with Crippen LogP contribution in [0.1, 0.15) is 5.56 Å². The molecule has 20 heavy (non-hydrogen) atoms. The smallest absolute Gasteiger partial charge is 0.266 e. The van der Waals surface area contributed by atoms with Crippen LogP contribution < -0.4 is 5.11 Å². The molecule has 0 radical (unpaired) electrons. The maximum Gasteiger partial charge on any atom is 0.266 e. The van der Waals surface area contributed by atoms with Gasteiger partial charge in [-0.1, -0.05) is 30.0 Å². The third-order valence-corrected chi connectivity index (χ3v) is 4.44. The van der Waals surface area contributed by atoms with Crippen molar-refractivity contribution in [1.82, 2.24) is 4.90 Å². The zero-order chi connectivity index (χ0) is 14.9. The second-order valence-corrected chi connectivity index (χ2v) is 6.38. The van der Waals surface area contributed by atoms with Gasteiger partial charge in [0, 0.05) is 0 Å². The Hall–Kier alpha value is -1.38. The fourth-order valence-corrected chi connectivity index (χ4v) is 3.18. The molecule has 1 fully saturated rings. The van der Waals surface area contributed by atoms with Gasteiger partial charge >= 0.3 is 0 Å². The van der Waals surface area contributed by atoms with Crippen LogP contribution in [0.3, 0.4) is 0 Å². The van der Waals surface area contributed by atoms with Crippen molar-refractivity contribution < 1.29 is 19.8 Å². The number of carbonyl (C=O) groups is 2. The van der Waals surface area contributed by atoms with Crippen molar-refractivity contribution in [3.05, 3.63) is 33.1 Å². The van der Waals surface area contributed by atoms with E-state index in [1.165, 1.54) is 6.07 Å². The van der Waals surface area contributed by atoms with Gasteiger partial charge in [0.2, 0.25) is 0 Å². The molecule has 104 valence electrons. The molecule has 0 bridgehead atoms. The number of carbonyl (C=O) groups excluding carboxylic acids is 2. The van der Waals surface area contributed by atoms with Crippen LogP contribution >= 0.6 is 39.9 Å². The van der Waals surface area contributed by atoms with Gasteiger partial charge in [-0.2, -0.15) is 0 Å². The van der Waals surface area contributed by atoms with Crippen molar-refractivity contribution in [2.45, 2.75) is 0 Å². The lowest BCUT2D eigenvalue weighted by atomic mass is 10.2. The van der Waals surface area contributed by atoms with E-state index in [1.54, 1.807) is 18.2 Å². The number of halogens is 1. The number of hydrogen-bond donors (Lipinski definition) is 1. The highest BCUT2D eigenvalue weighted by Gasteiger charge is 2.31. The summed E-state index contributed by atoms with van der Waals surface area (Å²) in [7, 11) is 0. The van der Waals surface area contributed by atoms with Crippen LogP contribution in [0.15, 0.2) is 27.6 Å². The van der Waals surface area contributed by atoms with Crippen molar-refractivity contribution >= 4 is 62.2 Å². The molecular weight excluding hydrogens is 366 g/mol. The molecule has 2 rings (SSSR count). The second-order valence-electron chi connectivity index (χ2n) is 3.85. The van der Waals surface area contributed by atoms with E-state index in [-0.39, 0.29) is 10.1 Å². The van der Waals surface area contributed by atoms with E-state index in [1.807, 2.05) is 0 Å². The molecule has 5 nitrogen and oxygen atoms in total. The first-order valence-electron chi connectivity index (χ1n) is 5.32. The molecule has 1 aromatic carbocycles. The fourth-order valence-electron chi connectivity index (χ4n) is 1.53. The van der Waals surface area contributed by atoms with E-state index >= 15 is 0 Å². The topological polar surface area (TPSA) is 80.7 Å². The van der Waals surface area contributed by atoms with Crippen LogP contribution in [0.2, 0.25) is 0 Å². The summed E-state index contributed by atoms with van der Waals surface area (Å²) in [6, 6.07) is 4.75. The van der Waals surface area contributed by atoms with Crippen molar-refractivity contribution in [3.8, 4) is 5.75 Å². The Morgan fingerprint density at radius 2 is 2.25 bits per heavy atom. The maximum atomic E-state index is 12.0. The lowest BCUT2D eigenvalue weighted by Gasteiger charge is -2.14. The molecule has 0 aromatic heterocycles. The number of benzene rings is 1. The van der Waals surface area contributed by atoms with E-state index in [9.17, 15) is 19.8 Å². The summed E-state index contributed by atoms with van der Waals surface area (Å²) in [6.45, 7) is -0.554. The average molecular weight is 373 g/mol. The Morgan fingerprint density at radius 1 is 1.55 bits per heavy atom. The van der Waals surface area contributed by atoms with E-state index in [0.29, 0.717) is 14.9 Å². The summed E-state index contributed by atoms with van der Waals surface area (Å²) in [6.07, 6.45) is 1.58. The van der Waals surface area contributed by atoms with Gasteiger partial charge in [-0.05, 0) is 39.7 Å². The lowest BCUT2D eigenvalue weighted by Crippen LogP contribution is -2.40. The van der Waals surface area contributed by atoms with Crippen LogP contribution in [-0.4, -0.2) is 32.7 Å². The number of rotatable bonds is 3. The number of amides is 1. The highest BCUT2D eigenvalue weighted by Crippen LogP contribution is 2.33. The highest BCUT2D eigenvalue weighted by atomic mass is 79.9. The summed E-state index contributed by atoms with van der Waals surface area (Å²) in [5.74, 6) is -1.74. The first kappa shape index (κ1) is 15.0. The van der Waals surface area contributed by atoms with Gasteiger partial charge in [-0.3, -0.25) is 9.69 Å². The summed E-state index contributed by atoms with van der Waals surface area (Å²) < 4.78 is 0.680. The molecule has 0 unspecified atom stereocenters. The quantitative estimate of drug-likeness (QED) is 0.632. The minimum atomic E-state index is -1.37. The van der Waals surface area contributed by atoms with Crippen LogP contribution in [0.4, 0.5) is 0 Å². The van der Waals surface area contributed by atoms with Gasteiger partial charge in [-0.15, -0.1) is 0 Å². The van der Waals surface area contributed by atoms with Crippen molar-refractivity contribution in [2.75, 3.05) is 6.54 Å². The zero-order valence-electron chi connectivity index (χ0n) is 9.83. The second kappa shape index (κ2) is 5.94. The number of carboxylic acid groups (broad SMARTS) is 1. The number of nitrogens with zero attached hydrogens (tertiary/aromatic N) is 1. The third kappa shape index (κ3) is 3.20. The number of carboxylic acids is 1. The molecular formula is C12H7BrNO4S2-. The van der Waals surface area contributed by atoms with E-state index in [2.05, 4.69) is 15.9 Å². The molecule has 8 heteroatoms. The summed E-state index contributed by atoms with van der Waals surface area (Å²) in [4.78, 5) is 23.9. The molecule has 1 saturated heterocycles. The number of hydrogen-bond acceptors (Lipinski definition) is 6. The van der Waals surface area contributed by atoms with E-state index in [4.69, 9.17) is 12.2 Å². The molecule has 1 amide bonds. The number of thioether (sulfide) groups is 1. The largest absolute Gasteiger partial charge is 0.548 e. The van der Waals surface area contributed by atoms with E-state index < -0.39 is 18.4 Å². The van der Waals surface area contributed by atoms with Crippen LogP contribution in [0.5, 0.6) is 5.75 Å². The minimum absolute atomic E-state index is 0.0895. The predicted octanol–water partition coefficient (Wildman–Crippen LogP) is 1.11. The number of thiocarbonyl (C=S) groups is 1. The molecule has 0 spiro atoms. The Bertz CT molecular complexity index is 644. The highest BCUT2D eigenvalue weighted by molar-refractivity contribution is 9.10. The number of aliphatic carboxylic acids is 1. The van der Waals surface area contributed by atoms with Crippen molar-refractivity contribution in [3.63, 3.8) is 0 Å². The van der Waals surface area contributed by atoms with Crippen LogP contribution in [0.25, 0.3) is 6.08 Å².